The van der Waals surface area contributed by atoms with Crippen molar-refractivity contribution in [3.63, 3.8) is 0 Å². The van der Waals surface area contributed by atoms with E-state index in [9.17, 15) is 0 Å². The van der Waals surface area contributed by atoms with Gasteiger partial charge in [0.05, 0.1) is 5.69 Å². The van der Waals surface area contributed by atoms with E-state index in [4.69, 9.17) is 0 Å². The van der Waals surface area contributed by atoms with Crippen molar-refractivity contribution >= 4 is 0 Å². The number of nitrogens with one attached hydrogen (secondary N) is 1. The van der Waals surface area contributed by atoms with Gasteiger partial charge < -0.3 is 5.32 Å². The number of aryl methyl sites for hydroxylation is 1. The van der Waals surface area contributed by atoms with Gasteiger partial charge in [-0.05, 0) is 32.9 Å². The molecule has 0 aliphatic carbocycles. The van der Waals surface area contributed by atoms with Gasteiger partial charge in [-0.15, -0.1) is 0 Å². The fourth-order valence-corrected chi connectivity index (χ4v) is 1.44. The van der Waals surface area contributed by atoms with Gasteiger partial charge in [0.25, 0.3) is 0 Å². The molecule has 0 saturated carbocycles. The van der Waals surface area contributed by atoms with E-state index < -0.39 is 0 Å². The second-order valence-electron chi connectivity index (χ2n) is 3.25. The van der Waals surface area contributed by atoms with Gasteiger partial charge in [0, 0.05) is 18.8 Å². The summed E-state index contributed by atoms with van der Waals surface area (Å²) in [5.74, 6) is 0. The van der Waals surface area contributed by atoms with Crippen LogP contribution in [0.5, 0.6) is 0 Å². The summed E-state index contributed by atoms with van der Waals surface area (Å²) < 4.78 is 2.04. The van der Waals surface area contributed by atoms with E-state index in [1.165, 1.54) is 12.1 Å². The van der Waals surface area contributed by atoms with Crippen LogP contribution in [0.2, 0.25) is 0 Å². The van der Waals surface area contributed by atoms with Gasteiger partial charge in [-0.3, -0.25) is 4.68 Å². The fraction of sp³-hybridized carbons (Fsp3) is 0.700. The molecule has 0 amide bonds. The minimum atomic E-state index is 0.405. The van der Waals surface area contributed by atoms with Crippen molar-refractivity contribution in [3.8, 4) is 0 Å². The third-order valence-electron chi connectivity index (χ3n) is 2.19. The predicted molar refractivity (Wildman–Crippen MR) is 54.6 cm³/mol. The lowest BCUT2D eigenvalue weighted by Gasteiger charge is -2.14. The summed E-state index contributed by atoms with van der Waals surface area (Å²) in [4.78, 5) is 0. The van der Waals surface area contributed by atoms with Crippen LogP contribution in [-0.4, -0.2) is 16.3 Å². The van der Waals surface area contributed by atoms with Crippen LogP contribution in [0.4, 0.5) is 0 Å². The molecule has 3 nitrogen and oxygen atoms in total. The maximum Gasteiger partial charge on any atom is 0.0550 e. The van der Waals surface area contributed by atoms with E-state index in [0.717, 1.165) is 13.1 Å². The average molecular weight is 181 g/mol. The highest BCUT2D eigenvalue weighted by Crippen LogP contribution is 2.10. The molecule has 0 aliphatic rings. The molecule has 0 bridgehead atoms. The quantitative estimate of drug-likeness (QED) is 0.752. The number of nitrogens with zero attached hydrogens (tertiary/aromatic N) is 2. The van der Waals surface area contributed by atoms with Crippen LogP contribution >= 0.6 is 0 Å². The molecule has 1 aromatic rings. The minimum Gasteiger partial charge on any atom is -0.309 e. The SMILES string of the molecule is CCCNC(C)c1ccnn1CC. The van der Waals surface area contributed by atoms with Gasteiger partial charge in [0.15, 0.2) is 0 Å². The highest BCUT2D eigenvalue weighted by atomic mass is 15.3. The lowest BCUT2D eigenvalue weighted by Crippen LogP contribution is -2.22. The van der Waals surface area contributed by atoms with E-state index in [2.05, 4.69) is 37.3 Å². The van der Waals surface area contributed by atoms with Crippen LogP contribution in [0.15, 0.2) is 12.3 Å². The molecule has 0 saturated heterocycles. The maximum atomic E-state index is 4.24. The molecule has 0 aliphatic heterocycles. The van der Waals surface area contributed by atoms with Gasteiger partial charge in [0.2, 0.25) is 0 Å². The van der Waals surface area contributed by atoms with E-state index in [-0.39, 0.29) is 0 Å². The fourth-order valence-electron chi connectivity index (χ4n) is 1.44. The Morgan fingerprint density at radius 1 is 1.54 bits per heavy atom. The van der Waals surface area contributed by atoms with E-state index in [1.54, 1.807) is 0 Å². The zero-order valence-corrected chi connectivity index (χ0v) is 8.75. The van der Waals surface area contributed by atoms with Crippen molar-refractivity contribution in [2.45, 2.75) is 39.8 Å². The summed E-state index contributed by atoms with van der Waals surface area (Å²) in [6.07, 6.45) is 3.04. The number of aromatic nitrogens is 2. The Hall–Kier alpha value is -0.830. The lowest BCUT2D eigenvalue weighted by molar-refractivity contribution is 0.509. The summed E-state index contributed by atoms with van der Waals surface area (Å²) in [5.41, 5.74) is 1.27. The maximum absolute atomic E-state index is 4.24. The average Bonchev–Trinajstić information content (AvgIpc) is 2.61. The Balaban J connectivity index is 2.59. The number of hydrogen-bond acceptors (Lipinski definition) is 2. The molecular formula is C10H19N3. The van der Waals surface area contributed by atoms with Crippen molar-refractivity contribution in [3.05, 3.63) is 18.0 Å². The highest BCUT2D eigenvalue weighted by Gasteiger charge is 2.08. The molecular weight excluding hydrogens is 162 g/mol. The van der Waals surface area contributed by atoms with Crippen molar-refractivity contribution in [1.29, 1.82) is 0 Å². The molecule has 0 aromatic carbocycles. The molecule has 13 heavy (non-hydrogen) atoms. The predicted octanol–water partition coefficient (Wildman–Crippen LogP) is 1.96. The smallest absolute Gasteiger partial charge is 0.0550 e. The van der Waals surface area contributed by atoms with E-state index >= 15 is 0 Å². The van der Waals surface area contributed by atoms with Crippen molar-refractivity contribution in [1.82, 2.24) is 15.1 Å². The Bertz CT molecular complexity index is 242. The molecule has 74 valence electrons. The molecule has 0 fully saturated rings. The molecule has 1 N–H and O–H groups in total. The second-order valence-corrected chi connectivity index (χ2v) is 3.25. The second kappa shape index (κ2) is 5.02. The monoisotopic (exact) mass is 181 g/mol. The first kappa shape index (κ1) is 10.3. The van der Waals surface area contributed by atoms with E-state index in [0.29, 0.717) is 6.04 Å². The molecule has 0 spiro atoms. The topological polar surface area (TPSA) is 29.9 Å². The first-order chi connectivity index (χ1) is 6.29. The molecule has 1 aromatic heterocycles. The van der Waals surface area contributed by atoms with Gasteiger partial charge >= 0.3 is 0 Å². The van der Waals surface area contributed by atoms with Crippen molar-refractivity contribution in [2.24, 2.45) is 0 Å². The third-order valence-corrected chi connectivity index (χ3v) is 2.19. The zero-order chi connectivity index (χ0) is 9.68. The normalized spacial score (nSPS) is 13.2. The Kier molecular flexibility index (Phi) is 3.96. The van der Waals surface area contributed by atoms with E-state index in [1.807, 2.05) is 10.9 Å². The van der Waals surface area contributed by atoms with Gasteiger partial charge in [0.1, 0.15) is 0 Å². The number of rotatable bonds is 5. The summed E-state index contributed by atoms with van der Waals surface area (Å²) >= 11 is 0. The van der Waals surface area contributed by atoms with Crippen molar-refractivity contribution in [2.75, 3.05) is 6.54 Å². The van der Waals surface area contributed by atoms with Crippen LogP contribution in [0.25, 0.3) is 0 Å². The molecule has 3 heteroatoms. The summed E-state index contributed by atoms with van der Waals surface area (Å²) in [6, 6.07) is 2.49. The Labute approximate surface area is 80.1 Å². The summed E-state index contributed by atoms with van der Waals surface area (Å²) in [5, 5.41) is 7.69. The first-order valence-electron chi connectivity index (χ1n) is 5.04. The molecule has 1 heterocycles. The molecule has 0 radical (unpaired) electrons. The highest BCUT2D eigenvalue weighted by molar-refractivity contribution is 5.05. The largest absolute Gasteiger partial charge is 0.309 e. The van der Waals surface area contributed by atoms with Crippen molar-refractivity contribution < 1.29 is 0 Å². The molecule has 1 rings (SSSR count). The summed E-state index contributed by atoms with van der Waals surface area (Å²) in [7, 11) is 0. The van der Waals surface area contributed by atoms with Crippen LogP contribution in [0, 0.1) is 0 Å². The van der Waals surface area contributed by atoms with Gasteiger partial charge in [-0.25, -0.2) is 0 Å². The molecule has 1 atom stereocenters. The Morgan fingerprint density at radius 2 is 2.31 bits per heavy atom. The standard InChI is InChI=1S/C10H19N3/c1-4-7-11-9(3)10-6-8-12-13(10)5-2/h6,8-9,11H,4-5,7H2,1-3H3. The third kappa shape index (κ3) is 2.56. The first-order valence-corrected chi connectivity index (χ1v) is 5.04. The Morgan fingerprint density at radius 3 is 2.92 bits per heavy atom. The summed E-state index contributed by atoms with van der Waals surface area (Å²) in [6.45, 7) is 8.48. The minimum absolute atomic E-state index is 0.405. The number of hydrogen-bond donors (Lipinski definition) is 1. The van der Waals surface area contributed by atoms with Crippen LogP contribution in [-0.2, 0) is 6.54 Å². The zero-order valence-electron chi connectivity index (χ0n) is 8.75. The van der Waals surface area contributed by atoms with Crippen LogP contribution in [0.1, 0.15) is 38.9 Å². The van der Waals surface area contributed by atoms with Gasteiger partial charge in [-0.1, -0.05) is 6.92 Å². The molecule has 1 unspecified atom stereocenters. The van der Waals surface area contributed by atoms with Crippen LogP contribution < -0.4 is 5.32 Å². The van der Waals surface area contributed by atoms with Crippen LogP contribution in [0.3, 0.4) is 0 Å². The van der Waals surface area contributed by atoms with Gasteiger partial charge in [-0.2, -0.15) is 5.10 Å². The lowest BCUT2D eigenvalue weighted by atomic mass is 10.2.